The van der Waals surface area contributed by atoms with Gasteiger partial charge in [0.05, 0.1) is 1.37 Å². The molecule has 1 aromatic heterocycles. The molecule has 1 heteroatoms. The van der Waals surface area contributed by atoms with Crippen LogP contribution in [0.2, 0.25) is 0 Å². The number of hydrogen-bond donors (Lipinski definition) is 0. The Hall–Kier alpha value is -6.80. The van der Waals surface area contributed by atoms with Gasteiger partial charge in [0.15, 0.2) is 0 Å². The molecule has 0 nitrogen and oxygen atoms in total. The van der Waals surface area contributed by atoms with E-state index in [-0.39, 0.29) is 0 Å². The van der Waals surface area contributed by atoms with Crippen molar-refractivity contribution in [1.29, 1.82) is 0 Å². The van der Waals surface area contributed by atoms with Gasteiger partial charge >= 0.3 is 0 Å². The highest BCUT2D eigenvalue weighted by molar-refractivity contribution is 7.26. The van der Waals surface area contributed by atoms with Crippen LogP contribution in [0.5, 0.6) is 0 Å². The van der Waals surface area contributed by atoms with Crippen LogP contribution < -0.4 is 0 Å². The lowest BCUT2D eigenvalue weighted by Gasteiger charge is -2.18. The predicted octanol–water partition coefficient (Wildman–Crippen LogP) is 15.8. The highest BCUT2D eigenvalue weighted by atomic mass is 32.1. The molecular weight excluding hydrogens is 681 g/mol. The smallest absolute Gasteiger partial charge is 0.0623 e. The Labute approximate surface area is 325 Å². The third-order valence-electron chi connectivity index (χ3n) is 11.2. The maximum absolute atomic E-state index is 7.99. The number of thiophene rings is 1. The van der Waals surface area contributed by atoms with Gasteiger partial charge in [-0.15, -0.1) is 11.3 Å². The Kier molecular flexibility index (Phi) is 7.21. The molecule has 11 aromatic rings. The molecule has 0 aliphatic rings. The minimum Gasteiger partial charge on any atom is -0.135 e. The second kappa shape index (κ2) is 13.0. The molecule has 0 bridgehead atoms. The van der Waals surface area contributed by atoms with Crippen molar-refractivity contribution in [1.82, 2.24) is 0 Å². The van der Waals surface area contributed by atoms with Crippen molar-refractivity contribution in [3.63, 3.8) is 0 Å². The summed E-state index contributed by atoms with van der Waals surface area (Å²) in [6, 6.07) is 73.2. The Bertz CT molecular complexity index is 3230. The second-order valence-electron chi connectivity index (χ2n) is 14.3. The predicted molar refractivity (Wildman–Crippen MR) is 239 cm³/mol. The van der Waals surface area contributed by atoms with E-state index in [0.29, 0.717) is 6.04 Å². The Morgan fingerprint density at radius 3 is 1.47 bits per heavy atom. The first kappa shape index (κ1) is 30.6. The summed E-state index contributed by atoms with van der Waals surface area (Å²) in [5.74, 6) is 0. The summed E-state index contributed by atoms with van der Waals surface area (Å²) in [7, 11) is 0. The molecule has 0 saturated carbocycles. The summed E-state index contributed by atoms with van der Waals surface area (Å²) in [5, 5.41) is 9.86. The molecule has 0 N–H and O–H groups in total. The van der Waals surface area contributed by atoms with Gasteiger partial charge in [-0.25, -0.2) is 0 Å². The molecule has 0 radical (unpaired) electrons. The quantitative estimate of drug-likeness (QED) is 0.156. The molecule has 0 spiro atoms. The van der Waals surface area contributed by atoms with Gasteiger partial charge in [-0.1, -0.05) is 182 Å². The number of fused-ring (bicyclic) bond motifs is 6. The molecule has 0 aliphatic carbocycles. The normalized spacial score (nSPS) is 11.9. The van der Waals surface area contributed by atoms with Gasteiger partial charge < -0.3 is 0 Å². The second-order valence-corrected chi connectivity index (χ2v) is 15.4. The first-order valence-electron chi connectivity index (χ1n) is 19.3. The summed E-state index contributed by atoms with van der Waals surface area (Å²) < 4.78 is 10.6. The fraction of sp³-hybridized carbons (Fsp3) is 0. The van der Waals surface area contributed by atoms with Crippen LogP contribution in [-0.2, 0) is 0 Å². The van der Waals surface area contributed by atoms with E-state index in [1.165, 1.54) is 97.4 Å². The minimum absolute atomic E-state index is 0.538. The van der Waals surface area contributed by atoms with Crippen LogP contribution in [0.4, 0.5) is 0 Å². The fourth-order valence-corrected chi connectivity index (χ4v) is 9.76. The van der Waals surface area contributed by atoms with Crippen molar-refractivity contribution in [2.45, 2.75) is 0 Å². The van der Waals surface area contributed by atoms with E-state index < -0.39 is 0 Å². The lowest BCUT2D eigenvalue weighted by atomic mass is 9.85. The van der Waals surface area contributed by atoms with Crippen LogP contribution in [0.3, 0.4) is 0 Å². The van der Waals surface area contributed by atoms with Gasteiger partial charge in [0.2, 0.25) is 0 Å². The monoisotopic (exact) mass is 715 g/mol. The van der Waals surface area contributed by atoms with E-state index >= 15 is 0 Å². The van der Waals surface area contributed by atoms with Gasteiger partial charge in [-0.2, -0.15) is 0 Å². The summed E-state index contributed by atoms with van der Waals surface area (Å²) >= 11 is 1.88. The van der Waals surface area contributed by atoms with Gasteiger partial charge in [-0.3, -0.25) is 0 Å². The molecule has 0 saturated heterocycles. The van der Waals surface area contributed by atoms with E-state index in [0.717, 1.165) is 10.8 Å². The SMILES string of the molecule is [2H]c1ccc2cc(-c3ccc(-c4c5ccccc5c(-c5ccc(-c6cc(-c7ccccc7)c7sc8ccccc8c7c6)cc5)c5ccccc45)cc3)ccc2c1. The zero-order valence-electron chi connectivity index (χ0n) is 31.0. The molecule has 0 atom stereocenters. The molecule has 0 amide bonds. The maximum atomic E-state index is 7.99. The third-order valence-corrected chi connectivity index (χ3v) is 12.4. The molecule has 0 unspecified atom stereocenters. The van der Waals surface area contributed by atoms with Crippen molar-refractivity contribution in [3.8, 4) is 55.6 Å². The third kappa shape index (κ3) is 5.35. The maximum Gasteiger partial charge on any atom is 0.0623 e. The van der Waals surface area contributed by atoms with Crippen molar-refractivity contribution < 1.29 is 1.37 Å². The van der Waals surface area contributed by atoms with Gasteiger partial charge in [-0.05, 0) is 107 Å². The van der Waals surface area contributed by atoms with E-state index in [1.54, 1.807) is 0 Å². The molecule has 0 fully saturated rings. The minimum atomic E-state index is 0.538. The van der Waals surface area contributed by atoms with E-state index in [9.17, 15) is 0 Å². The first-order chi connectivity index (χ1) is 27.7. The molecular formula is C54H34S. The zero-order valence-corrected chi connectivity index (χ0v) is 30.8. The fourth-order valence-electron chi connectivity index (χ4n) is 8.54. The van der Waals surface area contributed by atoms with Gasteiger partial charge in [0.25, 0.3) is 0 Å². The summed E-state index contributed by atoms with van der Waals surface area (Å²) in [5.41, 5.74) is 12.3. The molecule has 55 heavy (non-hydrogen) atoms. The molecule has 10 aromatic carbocycles. The molecule has 1 heterocycles. The van der Waals surface area contributed by atoms with Crippen molar-refractivity contribution in [2.24, 2.45) is 0 Å². The number of hydrogen-bond acceptors (Lipinski definition) is 1. The van der Waals surface area contributed by atoms with Crippen LogP contribution in [-0.4, -0.2) is 0 Å². The van der Waals surface area contributed by atoms with E-state index in [4.69, 9.17) is 1.37 Å². The zero-order chi connectivity index (χ0) is 37.2. The summed E-state index contributed by atoms with van der Waals surface area (Å²) in [4.78, 5) is 0. The van der Waals surface area contributed by atoms with Crippen LogP contribution in [0.15, 0.2) is 206 Å². The highest BCUT2D eigenvalue weighted by Gasteiger charge is 2.18. The molecule has 0 aliphatic heterocycles. The van der Waals surface area contributed by atoms with Crippen LogP contribution in [0.1, 0.15) is 1.37 Å². The van der Waals surface area contributed by atoms with E-state index in [2.05, 4.69) is 182 Å². The highest BCUT2D eigenvalue weighted by Crippen LogP contribution is 2.46. The van der Waals surface area contributed by atoms with Gasteiger partial charge in [0.1, 0.15) is 0 Å². The first-order valence-corrected chi connectivity index (χ1v) is 19.6. The average molecular weight is 716 g/mol. The lowest BCUT2D eigenvalue weighted by molar-refractivity contribution is 1.61. The lowest BCUT2D eigenvalue weighted by Crippen LogP contribution is -1.91. The average Bonchev–Trinajstić information content (AvgIpc) is 3.64. The van der Waals surface area contributed by atoms with Crippen molar-refractivity contribution in [3.05, 3.63) is 206 Å². The Morgan fingerprint density at radius 2 is 0.836 bits per heavy atom. The number of rotatable bonds is 5. The van der Waals surface area contributed by atoms with Crippen molar-refractivity contribution >= 4 is 63.8 Å². The van der Waals surface area contributed by atoms with Crippen LogP contribution in [0.25, 0.3) is 108 Å². The summed E-state index contributed by atoms with van der Waals surface area (Å²) in [6.45, 7) is 0. The molecule has 256 valence electrons. The standard InChI is InChI=1S/C54H34S/c1-2-13-38(14-3-1)49-33-43(34-50-44-16-10-11-21-51(44)55-54(49)50)37-24-29-40(30-25-37)53-47-19-8-6-17-45(47)52(46-18-7-9-20-48(46)53)39-27-22-36(23-28-39)42-31-26-35-12-4-5-15-41(35)32-42/h1-34H/i4D. The summed E-state index contributed by atoms with van der Waals surface area (Å²) in [6.07, 6.45) is 0. The van der Waals surface area contributed by atoms with Crippen LogP contribution in [0, 0.1) is 0 Å². The largest absolute Gasteiger partial charge is 0.135 e. The van der Waals surface area contributed by atoms with Crippen LogP contribution >= 0.6 is 11.3 Å². The van der Waals surface area contributed by atoms with Gasteiger partial charge in [0, 0.05) is 25.7 Å². The number of benzene rings is 10. The Balaban J connectivity index is 1.02. The van der Waals surface area contributed by atoms with Crippen molar-refractivity contribution in [2.75, 3.05) is 0 Å². The topological polar surface area (TPSA) is 0 Å². The van der Waals surface area contributed by atoms with E-state index in [1.807, 2.05) is 29.5 Å². The Morgan fingerprint density at radius 1 is 0.309 bits per heavy atom. The molecule has 11 rings (SSSR count).